The van der Waals surface area contributed by atoms with E-state index in [0.29, 0.717) is 36.1 Å². The zero-order chi connectivity index (χ0) is 12.9. The van der Waals surface area contributed by atoms with E-state index in [1.165, 1.54) is 7.11 Å². The molecule has 98 valence electrons. The summed E-state index contributed by atoms with van der Waals surface area (Å²) < 4.78 is 22.3. The Morgan fingerprint density at radius 3 is 2.88 bits per heavy atom. The van der Waals surface area contributed by atoms with Gasteiger partial charge in [-0.15, -0.1) is 0 Å². The summed E-state index contributed by atoms with van der Waals surface area (Å²) in [6, 6.07) is 0. The summed E-state index contributed by atoms with van der Waals surface area (Å²) in [4.78, 5) is 0. The van der Waals surface area contributed by atoms with Crippen LogP contribution in [0.5, 0.6) is 0 Å². The van der Waals surface area contributed by atoms with Gasteiger partial charge in [-0.1, -0.05) is 0 Å². The zero-order valence-corrected chi connectivity index (χ0v) is 11.8. The monoisotopic (exact) mass is 307 g/mol. The number of rotatable bonds is 7. The van der Waals surface area contributed by atoms with E-state index < -0.39 is 5.67 Å². The van der Waals surface area contributed by atoms with E-state index in [0.717, 1.165) is 0 Å². The van der Waals surface area contributed by atoms with Gasteiger partial charge >= 0.3 is 0 Å². The van der Waals surface area contributed by atoms with Gasteiger partial charge in [-0.25, -0.2) is 4.39 Å². The fourth-order valence-electron chi connectivity index (χ4n) is 1.92. The number of ether oxygens (including phenoxy) is 1. The Kier molecular flexibility index (Phi) is 5.55. The SMILES string of the molecule is CCn1ncc(Br)c1C(F)(CCCN)COC. The van der Waals surface area contributed by atoms with Crippen LogP contribution in [-0.4, -0.2) is 30.0 Å². The first-order valence-electron chi connectivity index (χ1n) is 5.68. The Balaban J connectivity index is 3.06. The number of hydrogen-bond donors (Lipinski definition) is 1. The lowest BCUT2D eigenvalue weighted by Gasteiger charge is -2.25. The van der Waals surface area contributed by atoms with Crippen molar-refractivity contribution in [3.63, 3.8) is 0 Å². The predicted molar refractivity (Wildman–Crippen MR) is 68.6 cm³/mol. The molecule has 0 bridgehead atoms. The average molecular weight is 308 g/mol. The molecule has 4 nitrogen and oxygen atoms in total. The van der Waals surface area contributed by atoms with Crippen LogP contribution < -0.4 is 5.73 Å². The van der Waals surface area contributed by atoms with E-state index in [1.54, 1.807) is 10.9 Å². The molecule has 0 amide bonds. The minimum Gasteiger partial charge on any atom is -0.381 e. The van der Waals surface area contributed by atoms with Gasteiger partial charge in [-0.3, -0.25) is 4.68 Å². The summed E-state index contributed by atoms with van der Waals surface area (Å²) in [5, 5.41) is 4.13. The standard InChI is InChI=1S/C11H19BrFN3O/c1-3-16-10(9(12)7-15-16)11(13,8-17-2)5-4-6-14/h7H,3-6,8,14H2,1-2H3. The Morgan fingerprint density at radius 2 is 2.35 bits per heavy atom. The van der Waals surface area contributed by atoms with Crippen LogP contribution in [0.2, 0.25) is 0 Å². The molecule has 0 fully saturated rings. The number of nitrogens with two attached hydrogens (primary N) is 1. The number of hydrogen-bond acceptors (Lipinski definition) is 3. The molecular weight excluding hydrogens is 289 g/mol. The molecule has 0 aliphatic rings. The lowest BCUT2D eigenvalue weighted by atomic mass is 9.96. The fraction of sp³-hybridized carbons (Fsp3) is 0.727. The fourth-order valence-corrected chi connectivity index (χ4v) is 2.57. The third kappa shape index (κ3) is 3.26. The van der Waals surface area contributed by atoms with Gasteiger partial charge in [-0.2, -0.15) is 5.10 Å². The van der Waals surface area contributed by atoms with E-state index in [1.807, 2.05) is 6.92 Å². The van der Waals surface area contributed by atoms with Gasteiger partial charge in [0.1, 0.15) is 0 Å². The third-order valence-electron chi connectivity index (χ3n) is 2.67. The van der Waals surface area contributed by atoms with Gasteiger partial charge in [-0.05, 0) is 42.2 Å². The largest absolute Gasteiger partial charge is 0.381 e. The van der Waals surface area contributed by atoms with Gasteiger partial charge in [0, 0.05) is 13.7 Å². The molecule has 1 heterocycles. The van der Waals surface area contributed by atoms with E-state index in [-0.39, 0.29) is 6.61 Å². The van der Waals surface area contributed by atoms with Crippen LogP contribution in [0.25, 0.3) is 0 Å². The van der Waals surface area contributed by atoms with Crippen LogP contribution in [0, 0.1) is 0 Å². The number of alkyl halides is 1. The third-order valence-corrected chi connectivity index (χ3v) is 3.25. The highest BCUT2D eigenvalue weighted by atomic mass is 79.9. The summed E-state index contributed by atoms with van der Waals surface area (Å²) in [5.41, 5.74) is 4.45. The predicted octanol–water partition coefficient (Wildman–Crippen LogP) is 2.22. The van der Waals surface area contributed by atoms with Crippen molar-refractivity contribution in [1.29, 1.82) is 0 Å². The molecule has 0 radical (unpaired) electrons. The summed E-state index contributed by atoms with van der Waals surface area (Å²) in [5.74, 6) is 0. The summed E-state index contributed by atoms with van der Waals surface area (Å²) in [7, 11) is 1.50. The molecule has 1 aromatic rings. The Morgan fingerprint density at radius 1 is 1.65 bits per heavy atom. The minimum absolute atomic E-state index is 0.0112. The van der Waals surface area contributed by atoms with Gasteiger partial charge < -0.3 is 10.5 Å². The van der Waals surface area contributed by atoms with E-state index in [9.17, 15) is 4.39 Å². The molecule has 0 aliphatic heterocycles. The highest BCUT2D eigenvalue weighted by molar-refractivity contribution is 9.10. The maximum absolute atomic E-state index is 15.0. The maximum Gasteiger partial charge on any atom is 0.176 e. The zero-order valence-electron chi connectivity index (χ0n) is 10.2. The second-order valence-corrected chi connectivity index (χ2v) is 4.80. The van der Waals surface area contributed by atoms with E-state index in [4.69, 9.17) is 10.5 Å². The second-order valence-electron chi connectivity index (χ2n) is 3.95. The van der Waals surface area contributed by atoms with Crippen LogP contribution in [-0.2, 0) is 17.0 Å². The number of aromatic nitrogens is 2. The number of nitrogens with zero attached hydrogens (tertiary/aromatic N) is 2. The first kappa shape index (κ1) is 14.6. The van der Waals surface area contributed by atoms with Crippen LogP contribution in [0.1, 0.15) is 25.5 Å². The first-order valence-corrected chi connectivity index (χ1v) is 6.48. The smallest absolute Gasteiger partial charge is 0.176 e. The molecule has 0 spiro atoms. The first-order chi connectivity index (χ1) is 8.09. The average Bonchev–Trinajstić information content (AvgIpc) is 2.69. The lowest BCUT2D eigenvalue weighted by molar-refractivity contribution is 0.0231. The van der Waals surface area contributed by atoms with Crippen molar-refractivity contribution in [2.75, 3.05) is 20.3 Å². The molecule has 0 saturated heterocycles. The van der Waals surface area contributed by atoms with E-state index >= 15 is 0 Å². The second kappa shape index (κ2) is 6.47. The Hall–Kier alpha value is -0.460. The van der Waals surface area contributed by atoms with Crippen molar-refractivity contribution in [3.05, 3.63) is 16.4 Å². The molecule has 1 rings (SSSR count). The normalized spacial score (nSPS) is 14.9. The molecule has 6 heteroatoms. The van der Waals surface area contributed by atoms with Crippen molar-refractivity contribution in [2.24, 2.45) is 5.73 Å². The molecule has 1 unspecified atom stereocenters. The van der Waals surface area contributed by atoms with Gasteiger partial charge in [0.25, 0.3) is 0 Å². The quantitative estimate of drug-likeness (QED) is 0.840. The van der Waals surface area contributed by atoms with Crippen LogP contribution in [0.3, 0.4) is 0 Å². The highest BCUT2D eigenvalue weighted by Crippen LogP contribution is 2.36. The molecule has 0 aliphatic carbocycles. The Bertz CT molecular complexity index is 358. The molecular formula is C11H19BrFN3O. The Labute approximate surface area is 109 Å². The summed E-state index contributed by atoms with van der Waals surface area (Å²) in [6.07, 6.45) is 2.56. The number of methoxy groups -OCH3 is 1. The minimum atomic E-state index is -1.54. The number of halogens is 2. The molecule has 1 aromatic heterocycles. The van der Waals surface area contributed by atoms with Crippen molar-refractivity contribution in [2.45, 2.75) is 32.0 Å². The molecule has 0 saturated carbocycles. The number of aryl methyl sites for hydroxylation is 1. The van der Waals surface area contributed by atoms with Crippen molar-refractivity contribution in [3.8, 4) is 0 Å². The van der Waals surface area contributed by atoms with Crippen molar-refractivity contribution < 1.29 is 9.13 Å². The van der Waals surface area contributed by atoms with Gasteiger partial charge in [0.05, 0.1) is 23.0 Å². The van der Waals surface area contributed by atoms with Gasteiger partial charge in [0.15, 0.2) is 5.67 Å². The molecule has 2 N–H and O–H groups in total. The van der Waals surface area contributed by atoms with Gasteiger partial charge in [0.2, 0.25) is 0 Å². The van der Waals surface area contributed by atoms with Crippen LogP contribution in [0.15, 0.2) is 10.7 Å². The summed E-state index contributed by atoms with van der Waals surface area (Å²) in [6.45, 7) is 3.03. The molecule has 0 aromatic carbocycles. The molecule has 17 heavy (non-hydrogen) atoms. The topological polar surface area (TPSA) is 53.1 Å². The van der Waals surface area contributed by atoms with Crippen molar-refractivity contribution in [1.82, 2.24) is 9.78 Å². The lowest BCUT2D eigenvalue weighted by Crippen LogP contribution is -2.30. The van der Waals surface area contributed by atoms with Crippen LogP contribution >= 0.6 is 15.9 Å². The highest BCUT2D eigenvalue weighted by Gasteiger charge is 2.37. The van der Waals surface area contributed by atoms with E-state index in [2.05, 4.69) is 21.0 Å². The summed E-state index contributed by atoms with van der Waals surface area (Å²) >= 11 is 3.35. The van der Waals surface area contributed by atoms with Crippen LogP contribution in [0.4, 0.5) is 4.39 Å². The molecule has 1 atom stereocenters. The maximum atomic E-state index is 15.0. The van der Waals surface area contributed by atoms with Crippen molar-refractivity contribution >= 4 is 15.9 Å².